The van der Waals surface area contributed by atoms with Crippen molar-refractivity contribution >= 4 is 23.2 Å². The van der Waals surface area contributed by atoms with Gasteiger partial charge in [0.25, 0.3) is 0 Å². The summed E-state index contributed by atoms with van der Waals surface area (Å²) in [5, 5.41) is 1.20. The second kappa shape index (κ2) is 5.77. The number of nitrogens with two attached hydrogens (primary N) is 1. The first-order chi connectivity index (χ1) is 9.63. The van der Waals surface area contributed by atoms with Gasteiger partial charge >= 0.3 is 0 Å². The van der Waals surface area contributed by atoms with Gasteiger partial charge in [0.2, 0.25) is 0 Å². The molecule has 104 valence electrons. The van der Waals surface area contributed by atoms with Gasteiger partial charge in [-0.2, -0.15) is 0 Å². The zero-order chi connectivity index (χ0) is 14.1. The van der Waals surface area contributed by atoms with E-state index in [4.69, 9.17) is 28.9 Å². The van der Waals surface area contributed by atoms with Crippen LogP contribution in [0.1, 0.15) is 16.7 Å². The highest BCUT2D eigenvalue weighted by molar-refractivity contribution is 6.42. The molecule has 2 aromatic rings. The van der Waals surface area contributed by atoms with Crippen molar-refractivity contribution in [2.75, 3.05) is 0 Å². The minimum atomic E-state index is 0.152. The smallest absolute Gasteiger partial charge is 0.0595 e. The van der Waals surface area contributed by atoms with Gasteiger partial charge < -0.3 is 5.73 Å². The van der Waals surface area contributed by atoms with E-state index in [-0.39, 0.29) is 6.04 Å². The third kappa shape index (κ3) is 2.85. The molecule has 2 N–H and O–H groups in total. The van der Waals surface area contributed by atoms with Gasteiger partial charge in [-0.1, -0.05) is 53.5 Å². The van der Waals surface area contributed by atoms with Gasteiger partial charge in [-0.15, -0.1) is 0 Å². The third-order valence-electron chi connectivity index (χ3n) is 4.14. The molecule has 20 heavy (non-hydrogen) atoms. The normalized spacial score (nSPS) is 16.1. The second-order valence-corrected chi connectivity index (χ2v) is 6.37. The van der Waals surface area contributed by atoms with E-state index in [2.05, 4.69) is 24.3 Å². The zero-order valence-electron chi connectivity index (χ0n) is 11.2. The molecule has 1 atom stereocenters. The van der Waals surface area contributed by atoms with E-state index in [1.807, 2.05) is 18.2 Å². The van der Waals surface area contributed by atoms with Crippen molar-refractivity contribution in [1.29, 1.82) is 0 Å². The average Bonchev–Trinajstić information content (AvgIpc) is 2.87. The molecule has 0 spiro atoms. The first-order valence-electron chi connectivity index (χ1n) is 6.90. The molecule has 1 unspecified atom stereocenters. The van der Waals surface area contributed by atoms with Gasteiger partial charge in [-0.25, -0.2) is 0 Å². The van der Waals surface area contributed by atoms with Crippen LogP contribution in [0.2, 0.25) is 10.0 Å². The van der Waals surface area contributed by atoms with Crippen LogP contribution >= 0.6 is 23.2 Å². The quantitative estimate of drug-likeness (QED) is 0.900. The lowest BCUT2D eigenvalue weighted by atomic mass is 9.92. The summed E-state index contributed by atoms with van der Waals surface area (Å²) in [6.07, 6.45) is 3.01. The topological polar surface area (TPSA) is 26.0 Å². The fourth-order valence-electron chi connectivity index (χ4n) is 3.00. The lowest BCUT2D eigenvalue weighted by Gasteiger charge is -2.19. The Kier molecular flexibility index (Phi) is 4.02. The first kappa shape index (κ1) is 13.9. The van der Waals surface area contributed by atoms with Crippen LogP contribution in [0.25, 0.3) is 0 Å². The molecule has 0 radical (unpaired) electrons. The number of rotatable bonds is 3. The standard InChI is InChI=1S/C17H17Cl2N/c18-15-6-5-11(7-16(15)19)8-17(20)14-9-12-3-1-2-4-13(12)10-14/h1-7,14,17H,8-10,20H2. The van der Waals surface area contributed by atoms with E-state index in [0.717, 1.165) is 24.8 Å². The molecule has 1 nitrogen and oxygen atoms in total. The van der Waals surface area contributed by atoms with Gasteiger partial charge in [0.1, 0.15) is 0 Å². The molecule has 3 heteroatoms. The molecule has 2 aromatic carbocycles. The summed E-state index contributed by atoms with van der Waals surface area (Å²) in [7, 11) is 0. The number of fused-ring (bicyclic) bond motifs is 1. The monoisotopic (exact) mass is 305 g/mol. The van der Waals surface area contributed by atoms with Gasteiger partial charge in [-0.05, 0) is 54.0 Å². The molecule has 0 saturated carbocycles. The van der Waals surface area contributed by atoms with Crippen LogP contribution in [0.4, 0.5) is 0 Å². The number of hydrogen-bond donors (Lipinski definition) is 1. The number of halogens is 2. The first-order valence-corrected chi connectivity index (χ1v) is 7.65. The van der Waals surface area contributed by atoms with Gasteiger partial charge in [0.15, 0.2) is 0 Å². The van der Waals surface area contributed by atoms with E-state index >= 15 is 0 Å². The zero-order valence-corrected chi connectivity index (χ0v) is 12.7. The van der Waals surface area contributed by atoms with E-state index in [1.165, 1.54) is 11.1 Å². The van der Waals surface area contributed by atoms with Crippen LogP contribution in [-0.2, 0) is 19.3 Å². The minimum Gasteiger partial charge on any atom is -0.327 e. The molecule has 3 rings (SSSR count). The highest BCUT2D eigenvalue weighted by atomic mass is 35.5. The Morgan fingerprint density at radius 2 is 1.65 bits per heavy atom. The summed E-state index contributed by atoms with van der Waals surface area (Å²) in [5.74, 6) is 0.516. The predicted molar refractivity (Wildman–Crippen MR) is 85.5 cm³/mol. The SMILES string of the molecule is NC(Cc1ccc(Cl)c(Cl)c1)C1Cc2ccccc2C1. The molecule has 0 saturated heterocycles. The lowest BCUT2D eigenvalue weighted by molar-refractivity contribution is 0.437. The average molecular weight is 306 g/mol. The lowest BCUT2D eigenvalue weighted by Crippen LogP contribution is -2.32. The fraction of sp³-hybridized carbons (Fsp3) is 0.294. The molecule has 0 fully saturated rings. The van der Waals surface area contributed by atoms with E-state index in [9.17, 15) is 0 Å². The Morgan fingerprint density at radius 1 is 1.00 bits per heavy atom. The molecule has 0 aromatic heterocycles. The van der Waals surface area contributed by atoms with E-state index in [1.54, 1.807) is 0 Å². The summed E-state index contributed by atoms with van der Waals surface area (Å²) >= 11 is 12.0. The van der Waals surface area contributed by atoms with Crippen molar-refractivity contribution in [3.05, 3.63) is 69.2 Å². The Balaban J connectivity index is 1.69. The van der Waals surface area contributed by atoms with E-state index < -0.39 is 0 Å². The maximum Gasteiger partial charge on any atom is 0.0595 e. The predicted octanol–water partition coefficient (Wildman–Crippen LogP) is 4.28. The van der Waals surface area contributed by atoms with Crippen molar-refractivity contribution in [3.8, 4) is 0 Å². The molecule has 0 aliphatic heterocycles. The number of benzene rings is 2. The molecule has 1 aliphatic carbocycles. The highest BCUT2D eigenvalue weighted by Crippen LogP contribution is 2.30. The Bertz CT molecular complexity index is 599. The van der Waals surface area contributed by atoms with Crippen LogP contribution in [0.3, 0.4) is 0 Å². The van der Waals surface area contributed by atoms with Gasteiger partial charge in [0.05, 0.1) is 10.0 Å². The highest BCUT2D eigenvalue weighted by Gasteiger charge is 2.26. The Morgan fingerprint density at radius 3 is 2.25 bits per heavy atom. The summed E-state index contributed by atoms with van der Waals surface area (Å²) in [5.41, 5.74) is 10.5. The van der Waals surface area contributed by atoms with Crippen LogP contribution in [-0.4, -0.2) is 6.04 Å². The maximum atomic E-state index is 6.40. The Labute approximate surface area is 129 Å². The number of hydrogen-bond acceptors (Lipinski definition) is 1. The van der Waals surface area contributed by atoms with Crippen LogP contribution in [0.15, 0.2) is 42.5 Å². The summed E-state index contributed by atoms with van der Waals surface area (Å²) in [6, 6.07) is 14.6. The molecule has 1 aliphatic rings. The molecular weight excluding hydrogens is 289 g/mol. The van der Waals surface area contributed by atoms with Crippen LogP contribution < -0.4 is 5.73 Å². The van der Waals surface area contributed by atoms with Gasteiger partial charge in [0, 0.05) is 6.04 Å². The summed E-state index contributed by atoms with van der Waals surface area (Å²) < 4.78 is 0. The van der Waals surface area contributed by atoms with Gasteiger partial charge in [-0.3, -0.25) is 0 Å². The van der Waals surface area contributed by atoms with Crippen molar-refractivity contribution in [1.82, 2.24) is 0 Å². The summed E-state index contributed by atoms with van der Waals surface area (Å²) in [4.78, 5) is 0. The van der Waals surface area contributed by atoms with E-state index in [0.29, 0.717) is 16.0 Å². The van der Waals surface area contributed by atoms with Crippen molar-refractivity contribution in [2.24, 2.45) is 11.7 Å². The second-order valence-electron chi connectivity index (χ2n) is 5.55. The Hall–Kier alpha value is -1.02. The molecule has 0 heterocycles. The third-order valence-corrected chi connectivity index (χ3v) is 4.88. The van der Waals surface area contributed by atoms with Crippen molar-refractivity contribution in [2.45, 2.75) is 25.3 Å². The largest absolute Gasteiger partial charge is 0.327 e. The van der Waals surface area contributed by atoms with Crippen molar-refractivity contribution < 1.29 is 0 Å². The molecule has 0 amide bonds. The fourth-order valence-corrected chi connectivity index (χ4v) is 3.32. The molecular formula is C17H17Cl2N. The van der Waals surface area contributed by atoms with Crippen LogP contribution in [0.5, 0.6) is 0 Å². The summed E-state index contributed by atoms with van der Waals surface area (Å²) in [6.45, 7) is 0. The molecule has 0 bridgehead atoms. The van der Waals surface area contributed by atoms with Crippen molar-refractivity contribution in [3.63, 3.8) is 0 Å². The van der Waals surface area contributed by atoms with Crippen LogP contribution in [0, 0.1) is 5.92 Å². The minimum absolute atomic E-state index is 0.152. The maximum absolute atomic E-state index is 6.40.